The first-order valence-corrected chi connectivity index (χ1v) is 6.09. The molecule has 0 radical (unpaired) electrons. The number of anilines is 1. The van der Waals surface area contributed by atoms with E-state index in [0.29, 0.717) is 5.69 Å². The zero-order valence-electron chi connectivity index (χ0n) is 8.50. The van der Waals surface area contributed by atoms with E-state index in [1.807, 2.05) is 0 Å². The van der Waals surface area contributed by atoms with E-state index in [4.69, 9.17) is 0 Å². The molecule has 1 N–H and O–H groups in total. The number of hydrogen-bond donors (Lipinski definition) is 1. The lowest BCUT2D eigenvalue weighted by molar-refractivity contribution is -0.115. The molecule has 1 unspecified atom stereocenters. The van der Waals surface area contributed by atoms with Gasteiger partial charge in [0.1, 0.15) is 0 Å². The van der Waals surface area contributed by atoms with Gasteiger partial charge in [-0.2, -0.15) is 0 Å². The second kappa shape index (κ2) is 4.82. The fourth-order valence-corrected chi connectivity index (χ4v) is 2.74. The van der Waals surface area contributed by atoms with E-state index in [2.05, 4.69) is 5.32 Å². The van der Waals surface area contributed by atoms with Crippen LogP contribution in [0.15, 0.2) is 18.2 Å². The number of amides is 1. The number of carbonyl (C=O) groups excluding carboxylic acids is 1. The Morgan fingerprint density at radius 2 is 2.19 bits per heavy atom. The number of thioether (sulfide) groups is 1. The average molecular weight is 243 g/mol. The van der Waals surface area contributed by atoms with E-state index < -0.39 is 11.6 Å². The number of carbonyl (C=O) groups is 1. The van der Waals surface area contributed by atoms with Gasteiger partial charge < -0.3 is 5.32 Å². The van der Waals surface area contributed by atoms with Gasteiger partial charge in [-0.1, -0.05) is 0 Å². The highest BCUT2D eigenvalue weighted by Gasteiger charge is 2.23. The van der Waals surface area contributed by atoms with Crippen LogP contribution in [0, 0.1) is 11.6 Å². The van der Waals surface area contributed by atoms with E-state index in [-0.39, 0.29) is 11.2 Å². The summed E-state index contributed by atoms with van der Waals surface area (Å²) in [5.41, 5.74) is 0.302. The van der Waals surface area contributed by atoms with Crippen LogP contribution in [0.5, 0.6) is 0 Å². The van der Waals surface area contributed by atoms with E-state index in [9.17, 15) is 13.6 Å². The molecule has 16 heavy (non-hydrogen) atoms. The summed E-state index contributed by atoms with van der Waals surface area (Å²) in [5, 5.41) is 2.52. The van der Waals surface area contributed by atoms with Crippen LogP contribution in [0.2, 0.25) is 0 Å². The molecule has 1 amide bonds. The number of nitrogens with one attached hydrogen (secondary N) is 1. The Kier molecular flexibility index (Phi) is 3.43. The maximum atomic E-state index is 12.9. The normalized spacial score (nSPS) is 19.8. The first kappa shape index (κ1) is 11.4. The summed E-state index contributed by atoms with van der Waals surface area (Å²) < 4.78 is 25.5. The van der Waals surface area contributed by atoms with Crippen LogP contribution in [0.1, 0.15) is 12.8 Å². The van der Waals surface area contributed by atoms with Crippen molar-refractivity contribution in [1.29, 1.82) is 0 Å². The number of rotatable bonds is 2. The summed E-state index contributed by atoms with van der Waals surface area (Å²) in [6.45, 7) is 0. The van der Waals surface area contributed by atoms with Crippen LogP contribution < -0.4 is 5.32 Å². The maximum absolute atomic E-state index is 12.9. The highest BCUT2D eigenvalue weighted by Crippen LogP contribution is 2.27. The van der Waals surface area contributed by atoms with Crippen molar-refractivity contribution in [2.75, 3.05) is 11.1 Å². The molecular formula is C11H11F2NOS. The molecule has 1 atom stereocenters. The largest absolute Gasteiger partial charge is 0.325 e. The highest BCUT2D eigenvalue weighted by molar-refractivity contribution is 8.00. The number of hydrogen-bond acceptors (Lipinski definition) is 2. The minimum Gasteiger partial charge on any atom is -0.325 e. The van der Waals surface area contributed by atoms with Crippen molar-refractivity contribution in [2.45, 2.75) is 18.1 Å². The summed E-state index contributed by atoms with van der Waals surface area (Å²) in [6.07, 6.45) is 1.88. The van der Waals surface area contributed by atoms with Gasteiger partial charge in [-0.05, 0) is 30.7 Å². The molecule has 2 rings (SSSR count). The van der Waals surface area contributed by atoms with Crippen LogP contribution in [0.25, 0.3) is 0 Å². The van der Waals surface area contributed by atoms with Gasteiger partial charge in [-0.25, -0.2) is 8.78 Å². The molecule has 1 fully saturated rings. The van der Waals surface area contributed by atoms with Crippen molar-refractivity contribution in [3.8, 4) is 0 Å². The minimum atomic E-state index is -0.947. The molecular weight excluding hydrogens is 232 g/mol. The Morgan fingerprint density at radius 1 is 1.38 bits per heavy atom. The van der Waals surface area contributed by atoms with Gasteiger partial charge in [-0.15, -0.1) is 11.8 Å². The molecule has 1 aromatic carbocycles. The smallest absolute Gasteiger partial charge is 0.237 e. The molecule has 5 heteroatoms. The summed E-state index contributed by atoms with van der Waals surface area (Å²) in [7, 11) is 0. The number of halogens is 2. The first-order valence-electron chi connectivity index (χ1n) is 5.04. The predicted octanol–water partition coefficient (Wildman–Crippen LogP) is 2.80. The van der Waals surface area contributed by atoms with Crippen molar-refractivity contribution in [3.63, 3.8) is 0 Å². The monoisotopic (exact) mass is 243 g/mol. The van der Waals surface area contributed by atoms with Gasteiger partial charge in [0.15, 0.2) is 11.6 Å². The van der Waals surface area contributed by atoms with Gasteiger partial charge in [0, 0.05) is 11.8 Å². The van der Waals surface area contributed by atoms with Crippen LogP contribution in [-0.2, 0) is 4.79 Å². The standard InChI is InChI=1S/C11H11F2NOS/c12-8-4-3-7(6-9(8)13)14-11(15)10-2-1-5-16-10/h3-4,6,10H,1-2,5H2,(H,14,15). The highest BCUT2D eigenvalue weighted by atomic mass is 32.2. The summed E-state index contributed by atoms with van der Waals surface area (Å²) in [4.78, 5) is 11.7. The molecule has 1 saturated heterocycles. The Hall–Kier alpha value is -1.10. The van der Waals surface area contributed by atoms with Gasteiger partial charge in [-0.3, -0.25) is 4.79 Å². The second-order valence-corrected chi connectivity index (χ2v) is 4.93. The predicted molar refractivity (Wildman–Crippen MR) is 60.5 cm³/mol. The molecule has 0 aliphatic carbocycles. The third-order valence-electron chi connectivity index (χ3n) is 2.41. The lowest BCUT2D eigenvalue weighted by Crippen LogP contribution is -2.22. The molecule has 1 aliphatic rings. The fourth-order valence-electron chi connectivity index (χ4n) is 1.58. The van der Waals surface area contributed by atoms with Crippen LogP contribution >= 0.6 is 11.8 Å². The molecule has 1 aromatic rings. The van der Waals surface area contributed by atoms with Crippen LogP contribution in [-0.4, -0.2) is 16.9 Å². The van der Waals surface area contributed by atoms with Gasteiger partial charge >= 0.3 is 0 Å². The molecule has 0 spiro atoms. The Balaban J connectivity index is 2.02. The van der Waals surface area contributed by atoms with Crippen LogP contribution in [0.4, 0.5) is 14.5 Å². The zero-order valence-corrected chi connectivity index (χ0v) is 9.32. The number of benzene rings is 1. The average Bonchev–Trinajstić information content (AvgIpc) is 2.77. The van der Waals surface area contributed by atoms with Gasteiger partial charge in [0.2, 0.25) is 5.91 Å². The van der Waals surface area contributed by atoms with Crippen molar-refractivity contribution >= 4 is 23.4 Å². The van der Waals surface area contributed by atoms with Crippen molar-refractivity contribution in [2.24, 2.45) is 0 Å². The quantitative estimate of drug-likeness (QED) is 0.865. The van der Waals surface area contributed by atoms with E-state index in [1.54, 1.807) is 11.8 Å². The molecule has 0 aromatic heterocycles. The topological polar surface area (TPSA) is 29.1 Å². The molecule has 1 heterocycles. The Morgan fingerprint density at radius 3 is 2.81 bits per heavy atom. The third kappa shape index (κ3) is 2.52. The SMILES string of the molecule is O=C(Nc1ccc(F)c(F)c1)C1CCCS1. The second-order valence-electron chi connectivity index (χ2n) is 3.62. The molecule has 1 aliphatic heterocycles. The molecule has 0 bridgehead atoms. The molecule has 0 saturated carbocycles. The Bertz CT molecular complexity index is 405. The summed E-state index contributed by atoms with van der Waals surface area (Å²) in [6, 6.07) is 3.36. The third-order valence-corrected chi connectivity index (χ3v) is 3.79. The lowest BCUT2D eigenvalue weighted by atomic mass is 10.2. The van der Waals surface area contributed by atoms with Crippen molar-refractivity contribution in [1.82, 2.24) is 0 Å². The van der Waals surface area contributed by atoms with Crippen molar-refractivity contribution in [3.05, 3.63) is 29.8 Å². The van der Waals surface area contributed by atoms with E-state index in [0.717, 1.165) is 30.7 Å². The zero-order chi connectivity index (χ0) is 11.5. The fraction of sp³-hybridized carbons (Fsp3) is 0.364. The maximum Gasteiger partial charge on any atom is 0.237 e. The van der Waals surface area contributed by atoms with Gasteiger partial charge in [0.25, 0.3) is 0 Å². The molecule has 86 valence electrons. The Labute approximate surface area is 96.4 Å². The lowest BCUT2D eigenvalue weighted by Gasteiger charge is -2.09. The van der Waals surface area contributed by atoms with Crippen molar-refractivity contribution < 1.29 is 13.6 Å². The van der Waals surface area contributed by atoms with Gasteiger partial charge in [0.05, 0.1) is 5.25 Å². The van der Waals surface area contributed by atoms with Crippen LogP contribution in [0.3, 0.4) is 0 Å². The molecule has 2 nitrogen and oxygen atoms in total. The van der Waals surface area contributed by atoms with E-state index >= 15 is 0 Å². The summed E-state index contributed by atoms with van der Waals surface area (Å²) >= 11 is 1.60. The minimum absolute atomic E-state index is 0.0619. The van der Waals surface area contributed by atoms with E-state index in [1.165, 1.54) is 6.07 Å². The summed E-state index contributed by atoms with van der Waals surface area (Å²) in [5.74, 6) is -1.01. The first-order chi connectivity index (χ1) is 7.66.